The van der Waals surface area contributed by atoms with Crippen LogP contribution in [-0.2, 0) is 24.8 Å². The fraction of sp³-hybridized carbons (Fsp3) is 0.400. The van der Waals surface area contributed by atoms with Crippen LogP contribution in [0.25, 0.3) is 44.8 Å². The number of nitrogens with zero attached hydrogens (tertiary/aromatic N) is 6. The molecule has 5 aromatic rings. The Morgan fingerprint density at radius 2 is 1.96 bits per heavy atom. The average molecular weight is 602 g/mol. The number of benzene rings is 1. The third kappa shape index (κ3) is 4.04. The number of fused-ring (bicyclic) bond motifs is 5. The number of rotatable bonds is 6. The SMILES string of the molecule is COc1cc(C(=O)N2CC3CCC2[C@@H]3C)cc2nc(-c3cc4ccc(-c5ccnc6c5CC(=O)N6)nc4n3CC3CC3)n(C)c12. The molecule has 2 aliphatic heterocycles. The number of imidazole rings is 1. The summed E-state index contributed by atoms with van der Waals surface area (Å²) in [7, 11) is 3.67. The third-order valence-electron chi connectivity index (χ3n) is 10.7. The van der Waals surface area contributed by atoms with Crippen molar-refractivity contribution in [1.29, 1.82) is 0 Å². The minimum Gasteiger partial charge on any atom is -0.494 e. The molecule has 1 aromatic carbocycles. The van der Waals surface area contributed by atoms with Crippen LogP contribution in [0.1, 0.15) is 48.5 Å². The molecule has 2 aliphatic carbocycles. The molecule has 0 spiro atoms. The van der Waals surface area contributed by atoms with Gasteiger partial charge in [0.15, 0.2) is 5.82 Å². The average Bonchev–Trinajstić information content (AvgIpc) is 3.27. The van der Waals surface area contributed by atoms with Crippen LogP contribution >= 0.6 is 0 Å². The highest BCUT2D eigenvalue weighted by Gasteiger charge is 2.46. The zero-order chi connectivity index (χ0) is 30.6. The number of anilines is 1. The molecule has 1 N–H and O–H groups in total. The van der Waals surface area contributed by atoms with Crippen molar-refractivity contribution in [2.75, 3.05) is 19.0 Å². The summed E-state index contributed by atoms with van der Waals surface area (Å²) in [5.41, 5.74) is 6.74. The molecule has 2 bridgehead atoms. The molecule has 2 unspecified atom stereocenters. The lowest BCUT2D eigenvalue weighted by atomic mass is 10.0. The highest BCUT2D eigenvalue weighted by atomic mass is 16.5. The number of amides is 2. The first-order valence-corrected chi connectivity index (χ1v) is 16.0. The second kappa shape index (κ2) is 9.63. The van der Waals surface area contributed by atoms with Crippen molar-refractivity contribution >= 4 is 39.7 Å². The highest BCUT2D eigenvalue weighted by molar-refractivity contribution is 6.01. The summed E-state index contributed by atoms with van der Waals surface area (Å²) in [6.07, 6.45) is 6.73. The van der Waals surface area contributed by atoms with Gasteiger partial charge >= 0.3 is 0 Å². The Kier molecular flexibility index (Phi) is 5.71. The summed E-state index contributed by atoms with van der Waals surface area (Å²) in [6.45, 7) is 3.97. The second-order valence-electron chi connectivity index (χ2n) is 13.4. The molecule has 10 heteroatoms. The Morgan fingerprint density at radius 1 is 1.09 bits per heavy atom. The molecule has 0 radical (unpaired) electrons. The van der Waals surface area contributed by atoms with Gasteiger partial charge in [-0.2, -0.15) is 0 Å². The van der Waals surface area contributed by atoms with Crippen molar-refractivity contribution in [3.05, 3.63) is 53.7 Å². The van der Waals surface area contributed by atoms with Crippen molar-refractivity contribution in [1.82, 2.24) is 29.0 Å². The van der Waals surface area contributed by atoms with E-state index in [0.717, 1.165) is 69.9 Å². The molecule has 6 heterocycles. The summed E-state index contributed by atoms with van der Waals surface area (Å²) in [6, 6.07) is 12.4. The van der Waals surface area contributed by atoms with E-state index in [-0.39, 0.29) is 11.8 Å². The molecule has 45 heavy (non-hydrogen) atoms. The first-order chi connectivity index (χ1) is 21.9. The van der Waals surface area contributed by atoms with E-state index in [0.29, 0.717) is 47.3 Å². The van der Waals surface area contributed by atoms with Crippen LogP contribution in [-0.4, -0.2) is 60.5 Å². The van der Waals surface area contributed by atoms with E-state index in [1.165, 1.54) is 19.3 Å². The Morgan fingerprint density at radius 3 is 2.71 bits per heavy atom. The van der Waals surface area contributed by atoms with Gasteiger partial charge in [0.25, 0.3) is 5.91 Å². The maximum absolute atomic E-state index is 13.8. The molecule has 1 saturated heterocycles. The number of carbonyl (C=O) groups is 2. The van der Waals surface area contributed by atoms with Crippen molar-refractivity contribution < 1.29 is 14.3 Å². The van der Waals surface area contributed by atoms with E-state index in [1.807, 2.05) is 31.3 Å². The molecule has 228 valence electrons. The molecule has 9 rings (SSSR count). The number of pyridine rings is 2. The lowest BCUT2D eigenvalue weighted by Gasteiger charge is -2.27. The maximum Gasteiger partial charge on any atom is 0.254 e. The van der Waals surface area contributed by atoms with Gasteiger partial charge in [0.05, 0.1) is 30.4 Å². The molecule has 4 aliphatic rings. The predicted octanol–water partition coefficient (Wildman–Crippen LogP) is 5.44. The van der Waals surface area contributed by atoms with Gasteiger partial charge < -0.3 is 24.1 Å². The number of hydrogen-bond donors (Lipinski definition) is 1. The summed E-state index contributed by atoms with van der Waals surface area (Å²) in [5, 5.41) is 3.88. The molecule has 2 amide bonds. The minimum absolute atomic E-state index is 0.0465. The summed E-state index contributed by atoms with van der Waals surface area (Å²) in [4.78, 5) is 42.7. The van der Waals surface area contributed by atoms with E-state index >= 15 is 0 Å². The van der Waals surface area contributed by atoms with Crippen molar-refractivity contribution in [2.24, 2.45) is 24.8 Å². The Hall–Kier alpha value is -4.73. The Bertz CT molecular complexity index is 2070. The zero-order valence-corrected chi connectivity index (χ0v) is 25.7. The summed E-state index contributed by atoms with van der Waals surface area (Å²) in [5.74, 6) is 3.86. The largest absolute Gasteiger partial charge is 0.494 e. The first kappa shape index (κ1) is 26.7. The quantitative estimate of drug-likeness (QED) is 0.278. The van der Waals surface area contributed by atoms with Crippen LogP contribution in [0.3, 0.4) is 0 Å². The number of ether oxygens (including phenoxy) is 1. The van der Waals surface area contributed by atoms with Crippen molar-refractivity contribution in [2.45, 2.75) is 51.6 Å². The zero-order valence-electron chi connectivity index (χ0n) is 25.7. The normalized spacial score (nSPS) is 22.1. The van der Waals surface area contributed by atoms with Gasteiger partial charge in [-0.05, 0) is 79.8 Å². The number of hydrogen-bond acceptors (Lipinski definition) is 6. The topological polar surface area (TPSA) is 107 Å². The molecule has 10 nitrogen and oxygen atoms in total. The second-order valence-corrected chi connectivity index (χ2v) is 13.4. The maximum atomic E-state index is 13.8. The van der Waals surface area contributed by atoms with Crippen LogP contribution in [0, 0.1) is 17.8 Å². The number of piperidine rings is 1. The van der Waals surface area contributed by atoms with Crippen molar-refractivity contribution in [3.63, 3.8) is 0 Å². The molecule has 3 atom stereocenters. The van der Waals surface area contributed by atoms with E-state index < -0.39 is 0 Å². The first-order valence-electron chi connectivity index (χ1n) is 16.0. The number of methoxy groups -OCH3 is 1. The molecular weight excluding hydrogens is 566 g/mol. The lowest BCUT2D eigenvalue weighted by molar-refractivity contribution is -0.115. The fourth-order valence-electron chi connectivity index (χ4n) is 8.09. The third-order valence-corrected chi connectivity index (χ3v) is 10.7. The van der Waals surface area contributed by atoms with Gasteiger partial charge in [0, 0.05) is 54.5 Å². The van der Waals surface area contributed by atoms with Crippen molar-refractivity contribution in [3.8, 4) is 28.5 Å². The van der Waals surface area contributed by atoms with E-state index in [2.05, 4.69) is 43.4 Å². The monoisotopic (exact) mass is 601 g/mol. The molecule has 3 fully saturated rings. The van der Waals surface area contributed by atoms with Gasteiger partial charge in [0.2, 0.25) is 5.91 Å². The van der Waals surface area contributed by atoms with Crippen LogP contribution in [0.4, 0.5) is 5.82 Å². The van der Waals surface area contributed by atoms with Crippen LogP contribution < -0.4 is 10.1 Å². The van der Waals surface area contributed by atoms with Gasteiger partial charge in [-0.15, -0.1) is 0 Å². The van der Waals surface area contributed by atoms with Gasteiger partial charge in [-0.25, -0.2) is 15.0 Å². The highest BCUT2D eigenvalue weighted by Crippen LogP contribution is 2.44. The lowest BCUT2D eigenvalue weighted by Crippen LogP contribution is -2.38. The minimum atomic E-state index is -0.0465. The summed E-state index contributed by atoms with van der Waals surface area (Å²) < 4.78 is 10.3. The van der Waals surface area contributed by atoms with Crippen LogP contribution in [0.15, 0.2) is 42.6 Å². The predicted molar refractivity (Wildman–Crippen MR) is 171 cm³/mol. The van der Waals surface area contributed by atoms with Crippen LogP contribution in [0.2, 0.25) is 0 Å². The van der Waals surface area contributed by atoms with Crippen LogP contribution in [0.5, 0.6) is 5.75 Å². The standard InChI is InChI=1S/C35H35N7O3/c1-18-21-7-9-27(18)42(17-21)35(44)22-12-26-31(29(14-22)45-3)40(2)34(38-26)28-13-20-6-8-25(37-33(20)41(28)16-19-4-5-19)23-10-11-36-32-24(23)15-30(43)39-32/h6,8,10-14,18-19,21,27H,4-5,7,9,15-17H2,1-3H3,(H,36,39,43)/t18-,21?,27?/m1/s1. The molecule has 4 aromatic heterocycles. The summed E-state index contributed by atoms with van der Waals surface area (Å²) >= 11 is 0. The number of nitrogens with one attached hydrogen (secondary N) is 1. The number of carbonyl (C=O) groups excluding carboxylic acids is 2. The Labute approximate surface area is 260 Å². The molecule has 2 saturated carbocycles. The smallest absolute Gasteiger partial charge is 0.254 e. The number of aryl methyl sites for hydroxylation is 1. The van der Waals surface area contributed by atoms with E-state index in [9.17, 15) is 9.59 Å². The Balaban J connectivity index is 1.16. The fourth-order valence-corrected chi connectivity index (χ4v) is 8.09. The van der Waals surface area contributed by atoms with Gasteiger partial charge in [0.1, 0.15) is 22.7 Å². The molecular formula is C35H35N7O3. The van der Waals surface area contributed by atoms with E-state index in [4.69, 9.17) is 14.7 Å². The van der Waals surface area contributed by atoms with E-state index in [1.54, 1.807) is 13.3 Å². The number of aromatic nitrogens is 5. The van der Waals surface area contributed by atoms with Gasteiger partial charge in [-0.1, -0.05) is 6.92 Å². The van der Waals surface area contributed by atoms with Gasteiger partial charge in [-0.3, -0.25) is 9.59 Å². The number of likely N-dealkylation sites (tertiary alicyclic amines) is 1.